The highest BCUT2D eigenvalue weighted by atomic mass is 16.7. The number of aliphatic hydroxyl groups is 4. The van der Waals surface area contributed by atoms with E-state index >= 15 is 0 Å². The number of hydrogen-bond donors (Lipinski definition) is 18. The summed E-state index contributed by atoms with van der Waals surface area (Å²) in [6.07, 6.45) is -12.4. The van der Waals surface area contributed by atoms with Crippen LogP contribution in [0, 0.1) is 0 Å². The van der Waals surface area contributed by atoms with Crippen molar-refractivity contribution >= 4 is 0 Å². The van der Waals surface area contributed by atoms with Crippen molar-refractivity contribution in [3.05, 3.63) is 170 Å². The number of fused-ring (bicyclic) bond motifs is 10. The van der Waals surface area contributed by atoms with E-state index in [1.165, 1.54) is 42.5 Å². The molecule has 0 saturated carbocycles. The van der Waals surface area contributed by atoms with Gasteiger partial charge in [-0.25, -0.2) is 0 Å². The van der Waals surface area contributed by atoms with E-state index in [2.05, 4.69) is 0 Å². The van der Waals surface area contributed by atoms with E-state index in [9.17, 15) is 91.9 Å². The highest BCUT2D eigenvalue weighted by Crippen LogP contribution is 2.68. The van der Waals surface area contributed by atoms with Crippen molar-refractivity contribution in [2.24, 2.45) is 0 Å². The molecule has 8 aromatic carbocycles. The molecular formula is C60H48O23. The summed E-state index contributed by atoms with van der Waals surface area (Å²) in [5.41, 5.74) is -2.11. The normalized spacial score (nSPS) is 25.3. The minimum absolute atomic E-state index is 0.0590. The fourth-order valence-electron chi connectivity index (χ4n) is 12.5. The number of aliphatic hydroxyl groups excluding tert-OH is 4. The number of rotatable bonds is 6. The highest BCUT2D eigenvalue weighted by molar-refractivity contribution is 5.74. The van der Waals surface area contributed by atoms with Crippen LogP contribution in [0.15, 0.2) is 109 Å². The van der Waals surface area contributed by atoms with Gasteiger partial charge in [-0.2, -0.15) is 0 Å². The Hall–Kier alpha value is -10.2. The van der Waals surface area contributed by atoms with Crippen molar-refractivity contribution in [2.75, 3.05) is 0 Å². The largest absolute Gasteiger partial charge is 0.508 e. The molecule has 0 spiro atoms. The van der Waals surface area contributed by atoms with Crippen LogP contribution >= 0.6 is 0 Å². The molecular weight excluding hydrogens is 1090 g/mol. The van der Waals surface area contributed by atoms with Crippen LogP contribution in [0.25, 0.3) is 0 Å². The van der Waals surface area contributed by atoms with Crippen LogP contribution in [0.3, 0.4) is 0 Å². The molecule has 23 nitrogen and oxygen atoms in total. The van der Waals surface area contributed by atoms with E-state index in [0.717, 1.165) is 66.7 Å². The predicted octanol–water partition coefficient (Wildman–Crippen LogP) is 5.99. The summed E-state index contributed by atoms with van der Waals surface area (Å²) in [6.45, 7) is 0. The van der Waals surface area contributed by atoms with Crippen LogP contribution in [0.5, 0.6) is 109 Å². The van der Waals surface area contributed by atoms with Gasteiger partial charge in [0.15, 0.2) is 46.7 Å². The van der Waals surface area contributed by atoms with Gasteiger partial charge in [-0.3, -0.25) is 0 Å². The van der Waals surface area contributed by atoms with Crippen LogP contribution in [0.1, 0.15) is 97.3 Å². The lowest BCUT2D eigenvalue weighted by atomic mass is 9.70. The number of hydrogen-bond acceptors (Lipinski definition) is 23. The topological polar surface area (TPSA) is 410 Å². The summed E-state index contributed by atoms with van der Waals surface area (Å²) in [7, 11) is 0. The monoisotopic (exact) mass is 1140 g/mol. The highest BCUT2D eigenvalue weighted by Gasteiger charge is 2.62. The zero-order valence-electron chi connectivity index (χ0n) is 42.5. The standard InChI is InChI=1S/C60H48O23/c61-24-6-1-20(2-7-24)54-51(76)48(42-34(70)14-25(62)15-40(42)79-54)45-36(72)18-37(73)46-50-47-41(82-60(59(50)78,83-58(45)46)23-5-10-29(65)33(69)13-23)19-38(74)44-49(52(77)55(81-57(44)47)22-4-9-28(64)32(68)12-22)43-35(71)17-30(66)26-16-39(75)53(80-56(26)43)21-3-8-27(63)31(67)11-21/h1-15,17-19,39,48-55,59,61-78H,16H2/t39-,48-,49+,50+,51-,52-,53-,54-,55-,59-,60+/m1/s1. The molecule has 426 valence electrons. The molecule has 0 unspecified atom stereocenters. The molecule has 0 saturated heterocycles. The average Bonchev–Trinajstić information content (AvgIpc) is 1.53. The molecule has 5 heterocycles. The molecule has 18 N–H and O–H groups in total. The maximum atomic E-state index is 13.2. The van der Waals surface area contributed by atoms with E-state index < -0.39 is 169 Å². The lowest BCUT2D eigenvalue weighted by Gasteiger charge is -2.52. The molecule has 11 atom stereocenters. The molecule has 5 aliphatic rings. The predicted molar refractivity (Wildman–Crippen MR) is 281 cm³/mol. The van der Waals surface area contributed by atoms with Gasteiger partial charge in [-0.15, -0.1) is 0 Å². The minimum atomic E-state index is -2.69. The summed E-state index contributed by atoms with van der Waals surface area (Å²) in [6, 6.07) is 20.5. The Balaban J connectivity index is 1.09. The molecule has 2 bridgehead atoms. The molecule has 5 aliphatic heterocycles. The molecule has 0 aliphatic carbocycles. The van der Waals surface area contributed by atoms with Crippen molar-refractivity contribution in [1.29, 1.82) is 0 Å². The van der Waals surface area contributed by atoms with Crippen molar-refractivity contribution in [3.8, 4) is 109 Å². The molecule has 13 rings (SSSR count). The number of benzene rings is 8. The molecule has 0 amide bonds. The van der Waals surface area contributed by atoms with Crippen molar-refractivity contribution in [3.63, 3.8) is 0 Å². The van der Waals surface area contributed by atoms with Gasteiger partial charge in [0.2, 0.25) is 0 Å². The molecule has 0 fully saturated rings. The Morgan fingerprint density at radius 2 is 0.831 bits per heavy atom. The molecule has 83 heavy (non-hydrogen) atoms. The van der Waals surface area contributed by atoms with Crippen LogP contribution in [-0.2, 0) is 12.2 Å². The summed E-state index contributed by atoms with van der Waals surface area (Å²) in [5.74, 6) is -18.7. The SMILES string of the molecule is Oc1ccc([C@H]2Oc3cc(O)cc(O)c3[C@H](c3c(O)cc(O)c4c3O[C@]3(c5ccc(O)c(O)c5)Oc5cc(O)c6c(c5[C@H]4[C@H]3O)O[C@H](c3ccc(O)c(O)c3)[C@H](O)[C@H]6c3c(O)cc(O)c4c3O[C@H](c3ccc(O)c(O)c3)[C@H](O)C4)[C@H]2O)cc1. The van der Waals surface area contributed by atoms with E-state index in [0.29, 0.717) is 0 Å². The first kappa shape index (κ1) is 52.2. The Morgan fingerprint density at radius 1 is 0.337 bits per heavy atom. The second-order valence-electron chi connectivity index (χ2n) is 21.0. The Bertz CT molecular complexity index is 4030. The summed E-state index contributed by atoms with van der Waals surface area (Å²) in [5, 5.41) is 207. The number of aromatic hydroxyl groups is 14. The first-order valence-corrected chi connectivity index (χ1v) is 25.6. The van der Waals surface area contributed by atoms with E-state index in [-0.39, 0.29) is 73.7 Å². The van der Waals surface area contributed by atoms with Gasteiger partial charge in [-0.1, -0.05) is 24.3 Å². The van der Waals surface area contributed by atoms with Gasteiger partial charge in [0.25, 0.3) is 0 Å². The summed E-state index contributed by atoms with van der Waals surface area (Å²) >= 11 is 0. The maximum absolute atomic E-state index is 13.2. The molecule has 23 heteroatoms. The Kier molecular flexibility index (Phi) is 11.6. The zero-order chi connectivity index (χ0) is 58.6. The lowest BCUT2D eigenvalue weighted by molar-refractivity contribution is -0.219. The van der Waals surface area contributed by atoms with E-state index in [1.807, 2.05) is 0 Å². The Labute approximate surface area is 466 Å². The van der Waals surface area contributed by atoms with Crippen LogP contribution in [0.4, 0.5) is 0 Å². The minimum Gasteiger partial charge on any atom is -0.508 e. The third-order valence-electron chi connectivity index (χ3n) is 16.2. The zero-order valence-corrected chi connectivity index (χ0v) is 42.5. The number of ether oxygens (including phenoxy) is 5. The lowest BCUT2D eigenvalue weighted by Crippen LogP contribution is -2.58. The molecule has 0 aromatic heterocycles. The van der Waals surface area contributed by atoms with Crippen LogP contribution < -0.4 is 23.7 Å². The average molecular weight is 1140 g/mol. The van der Waals surface area contributed by atoms with Gasteiger partial charge in [-0.05, 0) is 71.3 Å². The van der Waals surface area contributed by atoms with Crippen molar-refractivity contribution in [1.82, 2.24) is 0 Å². The summed E-state index contributed by atoms with van der Waals surface area (Å²) < 4.78 is 33.0. The quantitative estimate of drug-likeness (QED) is 0.0850. The van der Waals surface area contributed by atoms with E-state index in [1.54, 1.807) is 0 Å². The fraction of sp³-hybridized carbons (Fsp3) is 0.200. The van der Waals surface area contributed by atoms with Gasteiger partial charge in [0, 0.05) is 81.3 Å². The smallest absolute Gasteiger partial charge is 0.305 e. The van der Waals surface area contributed by atoms with Gasteiger partial charge < -0.3 is 116 Å². The maximum Gasteiger partial charge on any atom is 0.305 e. The van der Waals surface area contributed by atoms with E-state index in [4.69, 9.17) is 23.7 Å². The van der Waals surface area contributed by atoms with Gasteiger partial charge in [0.05, 0.1) is 23.9 Å². The van der Waals surface area contributed by atoms with Gasteiger partial charge >= 0.3 is 5.79 Å². The third kappa shape index (κ3) is 7.72. The number of phenols is 14. The summed E-state index contributed by atoms with van der Waals surface area (Å²) in [4.78, 5) is 0. The van der Waals surface area contributed by atoms with Gasteiger partial charge in [0.1, 0.15) is 99.2 Å². The van der Waals surface area contributed by atoms with Crippen molar-refractivity contribution in [2.45, 2.75) is 72.7 Å². The first-order chi connectivity index (χ1) is 39.5. The van der Waals surface area contributed by atoms with Crippen LogP contribution in [-0.4, -0.2) is 116 Å². The molecule has 8 aromatic rings. The first-order valence-electron chi connectivity index (χ1n) is 25.6. The van der Waals surface area contributed by atoms with Crippen molar-refractivity contribution < 1.29 is 116 Å². The Morgan fingerprint density at radius 3 is 1.46 bits per heavy atom. The third-order valence-corrected chi connectivity index (χ3v) is 16.2. The van der Waals surface area contributed by atoms with Crippen LogP contribution in [0.2, 0.25) is 0 Å². The fourth-order valence-corrected chi connectivity index (χ4v) is 12.5. The second-order valence-corrected chi connectivity index (χ2v) is 21.0. The molecule has 0 radical (unpaired) electrons. The number of phenolic OH excluding ortho intramolecular Hbond substituents is 14. The second kappa shape index (κ2) is 18.4.